The number of urea groups is 1. The Morgan fingerprint density at radius 2 is 2.07 bits per heavy atom. The first-order valence-corrected chi connectivity index (χ1v) is 10.1. The number of carbonyl (C=O) groups excluding carboxylic acids is 3. The summed E-state index contributed by atoms with van der Waals surface area (Å²) >= 11 is 1.18. The van der Waals surface area contributed by atoms with Gasteiger partial charge in [0.2, 0.25) is 5.91 Å². The third-order valence-electron chi connectivity index (χ3n) is 4.89. The van der Waals surface area contributed by atoms with Crippen molar-refractivity contribution in [1.82, 2.24) is 9.80 Å². The summed E-state index contributed by atoms with van der Waals surface area (Å²) in [6, 6.07) is 2.93. The number of fused-ring (bicyclic) bond motifs is 1. The van der Waals surface area contributed by atoms with Crippen LogP contribution in [0, 0.1) is 5.92 Å². The van der Waals surface area contributed by atoms with Crippen LogP contribution in [0.25, 0.3) is 0 Å². The van der Waals surface area contributed by atoms with Gasteiger partial charge in [-0.3, -0.25) is 9.59 Å². The molecular weight excluding hydrogens is 398 g/mol. The number of hydrogen-bond acceptors (Lipinski definition) is 8. The molecule has 10 nitrogen and oxygen atoms in total. The predicted octanol–water partition coefficient (Wildman–Crippen LogP) is 0.279. The van der Waals surface area contributed by atoms with Gasteiger partial charge in [0.05, 0.1) is 39.3 Å². The van der Waals surface area contributed by atoms with Crippen molar-refractivity contribution in [2.24, 2.45) is 15.9 Å². The Morgan fingerprint density at radius 3 is 2.76 bits per heavy atom. The van der Waals surface area contributed by atoms with Crippen molar-refractivity contribution in [1.29, 1.82) is 0 Å². The van der Waals surface area contributed by atoms with E-state index in [1.807, 2.05) is 0 Å². The van der Waals surface area contributed by atoms with Gasteiger partial charge in [0.15, 0.2) is 11.7 Å². The van der Waals surface area contributed by atoms with Gasteiger partial charge in [0.25, 0.3) is 11.7 Å². The summed E-state index contributed by atoms with van der Waals surface area (Å²) in [5.74, 6) is -0.214. The smallest absolute Gasteiger partial charge is 0.445 e. The molecule has 4 heterocycles. The summed E-state index contributed by atoms with van der Waals surface area (Å²) in [5, 5.41) is 0.416. The number of aliphatic imine (C=N–C) groups is 2. The minimum Gasteiger partial charge on any atom is -0.459 e. The second kappa shape index (κ2) is 7.91. The SMILES string of the molecule is CN1C(=O)C2C(SCC(=O)N3CCOCC3)=NC(c3ccco3)=NC2=[N+](C)C1=O. The zero-order chi connectivity index (χ0) is 20.5. The summed E-state index contributed by atoms with van der Waals surface area (Å²) in [6.45, 7) is 2.13. The molecule has 1 fully saturated rings. The van der Waals surface area contributed by atoms with Crippen LogP contribution in [0.4, 0.5) is 4.79 Å². The van der Waals surface area contributed by atoms with E-state index in [0.717, 1.165) is 4.90 Å². The van der Waals surface area contributed by atoms with E-state index < -0.39 is 17.9 Å². The lowest BCUT2D eigenvalue weighted by molar-refractivity contribution is -0.407. The summed E-state index contributed by atoms with van der Waals surface area (Å²) < 4.78 is 12.0. The van der Waals surface area contributed by atoms with E-state index in [9.17, 15) is 14.4 Å². The Hall–Kier alpha value is -2.79. The van der Waals surface area contributed by atoms with Crippen molar-refractivity contribution in [3.8, 4) is 0 Å². The first-order valence-electron chi connectivity index (χ1n) is 9.09. The number of thioether (sulfide) groups is 1. The van der Waals surface area contributed by atoms with Crippen LogP contribution in [-0.4, -0.2) is 95.1 Å². The van der Waals surface area contributed by atoms with E-state index in [1.165, 1.54) is 29.6 Å². The quantitative estimate of drug-likeness (QED) is 0.653. The van der Waals surface area contributed by atoms with Crippen LogP contribution < -0.4 is 0 Å². The largest absolute Gasteiger partial charge is 0.459 e. The molecule has 152 valence electrons. The van der Waals surface area contributed by atoms with Crippen molar-refractivity contribution in [2.75, 3.05) is 46.2 Å². The van der Waals surface area contributed by atoms with Crippen LogP contribution in [0.15, 0.2) is 32.8 Å². The Morgan fingerprint density at radius 1 is 1.31 bits per heavy atom. The fraction of sp³-hybridized carbons (Fsp3) is 0.444. The molecule has 29 heavy (non-hydrogen) atoms. The molecule has 0 bridgehead atoms. The van der Waals surface area contributed by atoms with Gasteiger partial charge in [-0.15, -0.1) is 0 Å². The van der Waals surface area contributed by atoms with Crippen LogP contribution in [-0.2, 0) is 14.3 Å². The fourth-order valence-electron chi connectivity index (χ4n) is 3.24. The number of ether oxygens (including phenoxy) is 1. The molecule has 1 saturated heterocycles. The third kappa shape index (κ3) is 3.62. The molecule has 0 radical (unpaired) electrons. The predicted molar refractivity (Wildman–Crippen MR) is 105 cm³/mol. The number of amides is 4. The Labute approximate surface area is 170 Å². The molecule has 1 aromatic rings. The van der Waals surface area contributed by atoms with E-state index in [0.29, 0.717) is 37.1 Å². The van der Waals surface area contributed by atoms with E-state index in [2.05, 4.69) is 9.98 Å². The third-order valence-corrected chi connectivity index (χ3v) is 5.90. The molecule has 3 aliphatic heterocycles. The topological polar surface area (TPSA) is 108 Å². The number of hydrogen-bond donors (Lipinski definition) is 0. The summed E-state index contributed by atoms with van der Waals surface area (Å²) in [7, 11) is 2.98. The van der Waals surface area contributed by atoms with Gasteiger partial charge in [-0.25, -0.2) is 9.79 Å². The van der Waals surface area contributed by atoms with Crippen LogP contribution in [0.3, 0.4) is 0 Å². The molecule has 4 amide bonds. The number of morpholine rings is 1. The van der Waals surface area contributed by atoms with Crippen molar-refractivity contribution in [3.05, 3.63) is 24.2 Å². The molecule has 1 atom stereocenters. The lowest BCUT2D eigenvalue weighted by Gasteiger charge is -2.28. The Bertz CT molecular complexity index is 946. The molecule has 11 heteroatoms. The van der Waals surface area contributed by atoms with Crippen molar-refractivity contribution in [2.45, 2.75) is 0 Å². The molecule has 0 N–H and O–H groups in total. The van der Waals surface area contributed by atoms with Gasteiger partial charge in [0.1, 0.15) is 5.04 Å². The van der Waals surface area contributed by atoms with Gasteiger partial charge in [-0.05, 0) is 12.1 Å². The lowest BCUT2D eigenvalue weighted by atomic mass is 10.0. The second-order valence-corrected chi connectivity index (χ2v) is 7.67. The molecule has 0 spiro atoms. The first-order chi connectivity index (χ1) is 14.0. The minimum absolute atomic E-state index is 0.0503. The van der Waals surface area contributed by atoms with Crippen molar-refractivity contribution >= 4 is 46.3 Å². The standard InChI is InChI=1S/C18H20N5O5S/c1-21-15-13(17(25)22(2)18(21)26)16(20-14(19-15)11-4-3-7-28-11)29-10-12(24)23-5-8-27-9-6-23/h3-4,7,13H,5-6,8-10H2,1-2H3/q+1. The molecule has 0 saturated carbocycles. The molecule has 0 aromatic carbocycles. The van der Waals surface area contributed by atoms with E-state index in [4.69, 9.17) is 9.15 Å². The number of imide groups is 1. The lowest BCUT2D eigenvalue weighted by Crippen LogP contribution is -2.54. The maximum atomic E-state index is 12.8. The number of furan rings is 1. The highest BCUT2D eigenvalue weighted by atomic mass is 32.2. The van der Waals surface area contributed by atoms with Crippen LogP contribution in [0.5, 0.6) is 0 Å². The monoisotopic (exact) mass is 418 g/mol. The summed E-state index contributed by atoms with van der Waals surface area (Å²) in [4.78, 5) is 49.4. The highest BCUT2D eigenvalue weighted by Crippen LogP contribution is 2.26. The molecule has 0 aliphatic carbocycles. The molecular formula is C18H20N5O5S+. The summed E-state index contributed by atoms with van der Waals surface area (Å²) in [6.07, 6.45) is 1.49. The first kappa shape index (κ1) is 19.5. The van der Waals surface area contributed by atoms with Gasteiger partial charge >= 0.3 is 11.9 Å². The maximum Gasteiger partial charge on any atom is 0.445 e. The number of carbonyl (C=O) groups is 3. The number of amidine groups is 2. The van der Waals surface area contributed by atoms with E-state index in [-0.39, 0.29) is 23.3 Å². The Balaban J connectivity index is 1.64. The highest BCUT2D eigenvalue weighted by molar-refractivity contribution is 8.14. The van der Waals surface area contributed by atoms with Gasteiger partial charge in [-0.1, -0.05) is 16.8 Å². The maximum absolute atomic E-state index is 12.8. The van der Waals surface area contributed by atoms with E-state index >= 15 is 0 Å². The highest BCUT2D eigenvalue weighted by Gasteiger charge is 2.49. The second-order valence-electron chi connectivity index (χ2n) is 6.67. The zero-order valence-corrected chi connectivity index (χ0v) is 16.8. The molecule has 1 aromatic heterocycles. The average Bonchev–Trinajstić information content (AvgIpc) is 3.29. The van der Waals surface area contributed by atoms with Crippen LogP contribution in [0.2, 0.25) is 0 Å². The fourth-order valence-corrected chi connectivity index (χ4v) is 4.22. The van der Waals surface area contributed by atoms with Gasteiger partial charge in [0, 0.05) is 13.1 Å². The number of nitrogens with zero attached hydrogens (tertiary/aromatic N) is 5. The minimum atomic E-state index is -0.830. The van der Waals surface area contributed by atoms with Crippen molar-refractivity contribution < 1.29 is 28.1 Å². The zero-order valence-electron chi connectivity index (χ0n) is 16.0. The molecule has 3 aliphatic rings. The number of rotatable bonds is 3. The average molecular weight is 418 g/mol. The molecule has 4 rings (SSSR count). The van der Waals surface area contributed by atoms with Gasteiger partial charge in [-0.2, -0.15) is 9.48 Å². The van der Waals surface area contributed by atoms with Crippen LogP contribution >= 0.6 is 11.8 Å². The van der Waals surface area contributed by atoms with Crippen LogP contribution in [0.1, 0.15) is 5.76 Å². The van der Waals surface area contributed by atoms with Gasteiger partial charge < -0.3 is 14.1 Å². The Kier molecular flexibility index (Phi) is 5.33. The molecule has 1 unspecified atom stereocenters. The van der Waals surface area contributed by atoms with E-state index in [1.54, 1.807) is 24.1 Å². The normalized spacial score (nSPS) is 22.5. The summed E-state index contributed by atoms with van der Waals surface area (Å²) in [5.41, 5.74) is 0. The van der Waals surface area contributed by atoms with Crippen molar-refractivity contribution in [3.63, 3.8) is 0 Å².